The highest BCUT2D eigenvalue weighted by Gasteiger charge is 2.15. The summed E-state index contributed by atoms with van der Waals surface area (Å²) in [4.78, 5) is 11.5. The minimum Gasteiger partial charge on any atom is -0.421 e. The minimum atomic E-state index is -3.44. The van der Waals surface area contributed by atoms with Crippen molar-refractivity contribution in [2.75, 3.05) is 10.5 Å². The second kappa shape index (κ2) is 7.09. The number of nitrogens with one attached hydrogen (secondary N) is 1. The molecule has 5 nitrogen and oxygen atoms in total. The third-order valence-electron chi connectivity index (χ3n) is 2.47. The van der Waals surface area contributed by atoms with Gasteiger partial charge in [-0.3, -0.25) is 4.72 Å². The summed E-state index contributed by atoms with van der Waals surface area (Å²) >= 11 is 0. The lowest BCUT2D eigenvalue weighted by Gasteiger charge is -2.12. The van der Waals surface area contributed by atoms with E-state index in [0.717, 1.165) is 6.42 Å². The van der Waals surface area contributed by atoms with Crippen LogP contribution in [0, 0.1) is 0 Å². The molecule has 0 atom stereocenters. The Balaban J connectivity index is 2.91. The second-order valence-corrected chi connectivity index (χ2v) is 6.28. The number of carbonyl (C=O) groups excluding carboxylic acids is 1. The normalized spacial score (nSPS) is 10.9. The van der Waals surface area contributed by atoms with Crippen molar-refractivity contribution in [2.45, 2.75) is 26.7 Å². The monoisotopic (exact) mass is 297 g/mol. The lowest BCUT2D eigenvalue weighted by molar-refractivity contribution is -0.130. The summed E-state index contributed by atoms with van der Waals surface area (Å²) in [5.41, 5.74) is 0.492. The van der Waals surface area contributed by atoms with Gasteiger partial charge in [0.1, 0.15) is 0 Å². The highest BCUT2D eigenvalue weighted by atomic mass is 32.2. The Morgan fingerprint density at radius 2 is 2.00 bits per heavy atom. The van der Waals surface area contributed by atoms with Crippen molar-refractivity contribution in [3.8, 4) is 5.75 Å². The SMILES string of the molecule is C=C(C)C(=O)Oc1ccccc1NS(=O)(=O)CCCC. The van der Waals surface area contributed by atoms with Crippen molar-refractivity contribution in [1.29, 1.82) is 0 Å². The summed E-state index contributed by atoms with van der Waals surface area (Å²) in [7, 11) is -3.44. The molecule has 20 heavy (non-hydrogen) atoms. The Morgan fingerprint density at radius 1 is 1.35 bits per heavy atom. The van der Waals surface area contributed by atoms with E-state index in [1.807, 2.05) is 6.92 Å². The van der Waals surface area contributed by atoms with Crippen LogP contribution in [0.2, 0.25) is 0 Å². The van der Waals surface area contributed by atoms with Gasteiger partial charge in [0.15, 0.2) is 5.75 Å². The van der Waals surface area contributed by atoms with Crippen molar-refractivity contribution in [3.63, 3.8) is 0 Å². The van der Waals surface area contributed by atoms with Gasteiger partial charge >= 0.3 is 5.97 Å². The molecule has 0 aromatic heterocycles. The van der Waals surface area contributed by atoms with Crippen LogP contribution in [0.3, 0.4) is 0 Å². The fourth-order valence-electron chi connectivity index (χ4n) is 1.38. The topological polar surface area (TPSA) is 72.5 Å². The van der Waals surface area contributed by atoms with Crippen LogP contribution in [0.5, 0.6) is 5.75 Å². The van der Waals surface area contributed by atoms with Crippen molar-refractivity contribution in [3.05, 3.63) is 36.4 Å². The first-order chi connectivity index (χ1) is 9.35. The van der Waals surface area contributed by atoms with Crippen molar-refractivity contribution < 1.29 is 17.9 Å². The minimum absolute atomic E-state index is 0.0340. The predicted molar refractivity (Wildman–Crippen MR) is 79.2 cm³/mol. The van der Waals surface area contributed by atoms with Gasteiger partial charge in [0, 0.05) is 5.57 Å². The molecule has 6 heteroatoms. The van der Waals surface area contributed by atoms with Gasteiger partial charge < -0.3 is 4.74 Å². The second-order valence-electron chi connectivity index (χ2n) is 4.44. The fourth-order valence-corrected chi connectivity index (χ4v) is 2.65. The van der Waals surface area contributed by atoms with E-state index in [1.54, 1.807) is 18.2 Å². The van der Waals surface area contributed by atoms with E-state index in [1.165, 1.54) is 13.0 Å². The molecule has 0 aliphatic carbocycles. The van der Waals surface area contributed by atoms with Gasteiger partial charge in [0.2, 0.25) is 10.0 Å². The van der Waals surface area contributed by atoms with Crippen LogP contribution < -0.4 is 9.46 Å². The van der Waals surface area contributed by atoms with Gasteiger partial charge in [-0.15, -0.1) is 0 Å². The largest absolute Gasteiger partial charge is 0.421 e. The zero-order chi connectivity index (χ0) is 15.2. The van der Waals surface area contributed by atoms with E-state index in [9.17, 15) is 13.2 Å². The van der Waals surface area contributed by atoms with Crippen LogP contribution in [0.1, 0.15) is 26.7 Å². The number of unbranched alkanes of at least 4 members (excludes halogenated alkanes) is 1. The molecule has 0 aliphatic heterocycles. The number of benzene rings is 1. The Hall–Kier alpha value is -1.82. The lowest BCUT2D eigenvalue weighted by Crippen LogP contribution is -2.18. The van der Waals surface area contributed by atoms with Crippen LogP contribution in [0.15, 0.2) is 36.4 Å². The van der Waals surface area contributed by atoms with E-state index in [4.69, 9.17) is 4.74 Å². The van der Waals surface area contributed by atoms with E-state index in [-0.39, 0.29) is 22.8 Å². The summed E-state index contributed by atoms with van der Waals surface area (Å²) in [6.45, 7) is 6.92. The molecule has 0 amide bonds. The van der Waals surface area contributed by atoms with Crippen molar-refractivity contribution >= 4 is 21.7 Å². The zero-order valence-electron chi connectivity index (χ0n) is 11.7. The van der Waals surface area contributed by atoms with Crippen LogP contribution in [0.25, 0.3) is 0 Å². The van der Waals surface area contributed by atoms with Gasteiger partial charge in [-0.1, -0.05) is 32.1 Å². The third-order valence-corrected chi connectivity index (χ3v) is 3.83. The van der Waals surface area contributed by atoms with Crippen molar-refractivity contribution in [1.82, 2.24) is 0 Å². The lowest BCUT2D eigenvalue weighted by atomic mass is 10.3. The average molecular weight is 297 g/mol. The summed E-state index contributed by atoms with van der Waals surface area (Å²) < 4.78 is 31.2. The Bertz CT molecular complexity index is 593. The summed E-state index contributed by atoms with van der Waals surface area (Å²) in [6, 6.07) is 6.39. The first-order valence-corrected chi connectivity index (χ1v) is 7.98. The Morgan fingerprint density at radius 3 is 2.60 bits per heavy atom. The maximum atomic E-state index is 11.9. The molecule has 0 radical (unpaired) electrons. The molecule has 0 fully saturated rings. The number of ether oxygens (including phenoxy) is 1. The molecule has 0 heterocycles. The van der Waals surface area contributed by atoms with Crippen LogP contribution in [-0.2, 0) is 14.8 Å². The molecule has 0 aliphatic rings. The first kappa shape index (κ1) is 16.2. The molecule has 0 bridgehead atoms. The molecule has 1 aromatic rings. The van der Waals surface area contributed by atoms with Gasteiger partial charge in [-0.2, -0.15) is 0 Å². The van der Waals surface area contributed by atoms with Gasteiger partial charge in [-0.05, 0) is 25.5 Å². The number of hydrogen-bond donors (Lipinski definition) is 1. The van der Waals surface area contributed by atoms with Crippen molar-refractivity contribution in [2.24, 2.45) is 0 Å². The Labute approximate surface area is 119 Å². The molecular formula is C14H19NO4S. The number of esters is 1. The predicted octanol–water partition coefficient (Wildman–Crippen LogP) is 2.71. The van der Waals surface area contributed by atoms with Gasteiger partial charge in [0.05, 0.1) is 11.4 Å². The van der Waals surface area contributed by atoms with Gasteiger partial charge in [-0.25, -0.2) is 13.2 Å². The molecular weight excluding hydrogens is 278 g/mol. The molecule has 1 rings (SSSR count). The van der Waals surface area contributed by atoms with Crippen LogP contribution in [0.4, 0.5) is 5.69 Å². The summed E-state index contributed by atoms with van der Waals surface area (Å²) in [5, 5.41) is 0. The molecule has 0 unspecified atom stereocenters. The molecule has 1 aromatic carbocycles. The van der Waals surface area contributed by atoms with E-state index in [0.29, 0.717) is 6.42 Å². The molecule has 110 valence electrons. The number of anilines is 1. The van der Waals surface area contributed by atoms with E-state index in [2.05, 4.69) is 11.3 Å². The van der Waals surface area contributed by atoms with Crippen LogP contribution in [-0.4, -0.2) is 20.1 Å². The van der Waals surface area contributed by atoms with E-state index < -0.39 is 16.0 Å². The van der Waals surface area contributed by atoms with E-state index >= 15 is 0 Å². The fraction of sp³-hybridized carbons (Fsp3) is 0.357. The average Bonchev–Trinajstić information content (AvgIpc) is 2.38. The number of hydrogen-bond acceptors (Lipinski definition) is 4. The van der Waals surface area contributed by atoms with Gasteiger partial charge in [0.25, 0.3) is 0 Å². The maximum Gasteiger partial charge on any atom is 0.338 e. The highest BCUT2D eigenvalue weighted by Crippen LogP contribution is 2.25. The molecule has 0 saturated heterocycles. The first-order valence-electron chi connectivity index (χ1n) is 6.33. The zero-order valence-corrected chi connectivity index (χ0v) is 12.5. The standard InChI is InChI=1S/C14H19NO4S/c1-4-5-10-20(17,18)15-12-8-6-7-9-13(12)19-14(16)11(2)3/h6-9,15H,2,4-5,10H2,1,3H3. The smallest absolute Gasteiger partial charge is 0.338 e. The highest BCUT2D eigenvalue weighted by molar-refractivity contribution is 7.92. The Kier molecular flexibility index (Phi) is 5.76. The quantitative estimate of drug-likeness (QED) is 0.477. The van der Waals surface area contributed by atoms with Crippen LogP contribution >= 0.6 is 0 Å². The number of sulfonamides is 1. The number of para-hydroxylation sites is 2. The summed E-state index contributed by atoms with van der Waals surface area (Å²) in [5.74, 6) is -0.391. The maximum absolute atomic E-state index is 11.9. The molecule has 0 spiro atoms. The third kappa shape index (κ3) is 5.05. The molecule has 0 saturated carbocycles. The number of rotatable bonds is 7. The number of carbonyl (C=O) groups is 1. The molecule has 1 N–H and O–H groups in total. The summed E-state index contributed by atoms with van der Waals surface area (Å²) in [6.07, 6.45) is 1.36.